The lowest BCUT2D eigenvalue weighted by molar-refractivity contribution is -0.121. The summed E-state index contributed by atoms with van der Waals surface area (Å²) in [6, 6.07) is 20.9. The maximum Gasteiger partial charge on any atom is 0.272 e. The SMILES string of the molecule is O=C(Nc1ccccc1)C1CCN(C(=O)c2ccc3ccccc3n2)CC1. The van der Waals surface area contributed by atoms with Crippen LogP contribution in [0.15, 0.2) is 66.7 Å². The van der Waals surface area contributed by atoms with Crippen molar-refractivity contribution in [3.8, 4) is 0 Å². The maximum absolute atomic E-state index is 12.8. The van der Waals surface area contributed by atoms with Gasteiger partial charge in [-0.1, -0.05) is 42.5 Å². The monoisotopic (exact) mass is 359 g/mol. The third kappa shape index (κ3) is 3.82. The summed E-state index contributed by atoms with van der Waals surface area (Å²) in [4.78, 5) is 31.5. The van der Waals surface area contributed by atoms with Gasteiger partial charge in [-0.25, -0.2) is 4.98 Å². The van der Waals surface area contributed by atoms with Crippen LogP contribution in [0.1, 0.15) is 23.3 Å². The molecule has 0 spiro atoms. The second-order valence-corrected chi connectivity index (χ2v) is 6.81. The minimum Gasteiger partial charge on any atom is -0.337 e. The molecule has 2 aromatic carbocycles. The summed E-state index contributed by atoms with van der Waals surface area (Å²) in [7, 11) is 0. The van der Waals surface area contributed by atoms with Gasteiger partial charge < -0.3 is 10.2 Å². The molecule has 5 heteroatoms. The van der Waals surface area contributed by atoms with E-state index in [2.05, 4.69) is 10.3 Å². The molecule has 0 atom stereocenters. The molecule has 0 radical (unpaired) electrons. The van der Waals surface area contributed by atoms with Crippen molar-refractivity contribution in [1.29, 1.82) is 0 Å². The molecule has 4 rings (SSSR count). The Labute approximate surface area is 158 Å². The number of anilines is 1. The fraction of sp³-hybridized carbons (Fsp3) is 0.227. The molecule has 136 valence electrons. The van der Waals surface area contributed by atoms with Crippen molar-refractivity contribution < 1.29 is 9.59 Å². The van der Waals surface area contributed by atoms with E-state index in [-0.39, 0.29) is 17.7 Å². The quantitative estimate of drug-likeness (QED) is 0.775. The summed E-state index contributed by atoms with van der Waals surface area (Å²) in [5, 5.41) is 3.97. The van der Waals surface area contributed by atoms with E-state index < -0.39 is 0 Å². The van der Waals surface area contributed by atoms with Gasteiger partial charge >= 0.3 is 0 Å². The summed E-state index contributed by atoms with van der Waals surface area (Å²) in [5.41, 5.74) is 2.09. The highest BCUT2D eigenvalue weighted by molar-refractivity contribution is 5.96. The zero-order chi connectivity index (χ0) is 18.6. The summed E-state index contributed by atoms with van der Waals surface area (Å²) in [6.07, 6.45) is 1.33. The molecular formula is C22H21N3O2. The third-order valence-electron chi connectivity index (χ3n) is 5.01. The van der Waals surface area contributed by atoms with Crippen molar-refractivity contribution >= 4 is 28.4 Å². The number of rotatable bonds is 3. The minimum absolute atomic E-state index is 0.0251. The number of nitrogens with one attached hydrogen (secondary N) is 1. The highest BCUT2D eigenvalue weighted by atomic mass is 16.2. The van der Waals surface area contributed by atoms with Gasteiger partial charge in [-0.3, -0.25) is 9.59 Å². The Morgan fingerprint density at radius 1 is 0.889 bits per heavy atom. The lowest BCUT2D eigenvalue weighted by Crippen LogP contribution is -2.41. The Hall–Kier alpha value is -3.21. The summed E-state index contributed by atoms with van der Waals surface area (Å²) >= 11 is 0. The van der Waals surface area contributed by atoms with Crippen molar-refractivity contribution in [3.63, 3.8) is 0 Å². The zero-order valence-corrected chi connectivity index (χ0v) is 15.0. The Morgan fingerprint density at radius 3 is 2.37 bits per heavy atom. The van der Waals surface area contributed by atoms with Crippen LogP contribution in [0.5, 0.6) is 0 Å². The number of likely N-dealkylation sites (tertiary alicyclic amines) is 1. The normalized spacial score (nSPS) is 14.9. The van der Waals surface area contributed by atoms with Crippen LogP contribution in [0.4, 0.5) is 5.69 Å². The fourth-order valence-corrected chi connectivity index (χ4v) is 3.46. The predicted molar refractivity (Wildman–Crippen MR) is 105 cm³/mol. The zero-order valence-electron chi connectivity index (χ0n) is 15.0. The summed E-state index contributed by atoms with van der Waals surface area (Å²) < 4.78 is 0. The molecule has 1 N–H and O–H groups in total. The number of carbonyl (C=O) groups excluding carboxylic acids is 2. The van der Waals surface area contributed by atoms with E-state index in [9.17, 15) is 9.59 Å². The maximum atomic E-state index is 12.8. The first-order valence-electron chi connectivity index (χ1n) is 9.22. The number of nitrogens with zero attached hydrogens (tertiary/aromatic N) is 2. The lowest BCUT2D eigenvalue weighted by atomic mass is 9.95. The molecule has 2 amide bonds. The van der Waals surface area contributed by atoms with Gasteiger partial charge in [0.15, 0.2) is 0 Å². The average molecular weight is 359 g/mol. The highest BCUT2D eigenvalue weighted by Crippen LogP contribution is 2.21. The van der Waals surface area contributed by atoms with Crippen molar-refractivity contribution in [1.82, 2.24) is 9.88 Å². The van der Waals surface area contributed by atoms with Crippen LogP contribution in [0.3, 0.4) is 0 Å². The molecule has 1 aliphatic rings. The molecule has 0 bridgehead atoms. The Morgan fingerprint density at radius 2 is 1.59 bits per heavy atom. The number of benzene rings is 2. The van der Waals surface area contributed by atoms with Gasteiger partial charge in [0, 0.05) is 30.1 Å². The number of hydrogen-bond acceptors (Lipinski definition) is 3. The van der Waals surface area contributed by atoms with Crippen LogP contribution in [-0.2, 0) is 4.79 Å². The second kappa shape index (κ2) is 7.58. The molecule has 5 nitrogen and oxygen atoms in total. The molecule has 27 heavy (non-hydrogen) atoms. The molecule has 1 aromatic heterocycles. The van der Waals surface area contributed by atoms with Gasteiger partial charge in [-0.2, -0.15) is 0 Å². The number of hydrogen-bond donors (Lipinski definition) is 1. The molecule has 0 unspecified atom stereocenters. The van der Waals surface area contributed by atoms with Crippen LogP contribution >= 0.6 is 0 Å². The first kappa shape index (κ1) is 17.2. The van der Waals surface area contributed by atoms with Crippen LogP contribution in [-0.4, -0.2) is 34.8 Å². The predicted octanol–water partition coefficient (Wildman–Crippen LogP) is 3.73. The average Bonchev–Trinajstić information content (AvgIpc) is 2.73. The van der Waals surface area contributed by atoms with E-state index in [4.69, 9.17) is 0 Å². The standard InChI is InChI=1S/C22H21N3O2/c26-21(23-18-7-2-1-3-8-18)17-12-14-25(15-13-17)22(27)20-11-10-16-6-4-5-9-19(16)24-20/h1-11,17H,12-15H2,(H,23,26). The molecule has 1 aliphatic heterocycles. The number of fused-ring (bicyclic) bond motifs is 1. The molecule has 0 saturated carbocycles. The summed E-state index contributed by atoms with van der Waals surface area (Å²) in [6.45, 7) is 1.14. The number of amides is 2. The Balaban J connectivity index is 1.38. The molecule has 2 heterocycles. The lowest BCUT2D eigenvalue weighted by Gasteiger charge is -2.31. The van der Waals surface area contributed by atoms with E-state index in [1.165, 1.54) is 0 Å². The Bertz CT molecular complexity index is 963. The van der Waals surface area contributed by atoms with E-state index in [0.29, 0.717) is 31.6 Å². The van der Waals surface area contributed by atoms with Crippen LogP contribution in [0.2, 0.25) is 0 Å². The smallest absolute Gasteiger partial charge is 0.272 e. The fourth-order valence-electron chi connectivity index (χ4n) is 3.46. The van der Waals surface area contributed by atoms with Gasteiger partial charge in [0.1, 0.15) is 5.69 Å². The van der Waals surface area contributed by atoms with Gasteiger partial charge in [-0.15, -0.1) is 0 Å². The third-order valence-corrected chi connectivity index (χ3v) is 5.01. The van der Waals surface area contributed by atoms with E-state index in [1.54, 1.807) is 11.0 Å². The molecular weight excluding hydrogens is 338 g/mol. The first-order valence-corrected chi connectivity index (χ1v) is 9.22. The highest BCUT2D eigenvalue weighted by Gasteiger charge is 2.28. The van der Waals surface area contributed by atoms with Crippen LogP contribution < -0.4 is 5.32 Å². The van der Waals surface area contributed by atoms with Gasteiger partial charge in [0.05, 0.1) is 5.52 Å². The Kier molecular flexibility index (Phi) is 4.83. The van der Waals surface area contributed by atoms with Crippen molar-refractivity contribution in [2.24, 2.45) is 5.92 Å². The van der Waals surface area contributed by atoms with Gasteiger partial charge in [0.25, 0.3) is 5.91 Å². The largest absolute Gasteiger partial charge is 0.337 e. The number of para-hydroxylation sites is 2. The topological polar surface area (TPSA) is 62.3 Å². The molecule has 3 aromatic rings. The van der Waals surface area contributed by atoms with E-state index in [0.717, 1.165) is 16.6 Å². The number of aromatic nitrogens is 1. The van der Waals surface area contributed by atoms with Gasteiger partial charge in [-0.05, 0) is 37.1 Å². The first-order chi connectivity index (χ1) is 13.2. The van der Waals surface area contributed by atoms with Crippen LogP contribution in [0.25, 0.3) is 10.9 Å². The molecule has 0 aliphatic carbocycles. The van der Waals surface area contributed by atoms with Gasteiger partial charge in [0.2, 0.25) is 5.91 Å². The van der Waals surface area contributed by atoms with E-state index in [1.807, 2.05) is 60.7 Å². The molecule has 1 fully saturated rings. The number of piperidine rings is 1. The number of pyridine rings is 1. The van der Waals surface area contributed by atoms with E-state index >= 15 is 0 Å². The second-order valence-electron chi connectivity index (χ2n) is 6.81. The minimum atomic E-state index is -0.0705. The van der Waals surface area contributed by atoms with Crippen molar-refractivity contribution in [2.45, 2.75) is 12.8 Å². The van der Waals surface area contributed by atoms with Crippen molar-refractivity contribution in [2.75, 3.05) is 18.4 Å². The molecule has 1 saturated heterocycles. The van der Waals surface area contributed by atoms with Crippen molar-refractivity contribution in [3.05, 3.63) is 72.4 Å². The summed E-state index contributed by atoms with van der Waals surface area (Å²) in [5.74, 6) is -0.112. The van der Waals surface area contributed by atoms with Crippen LogP contribution in [0, 0.1) is 5.92 Å². The number of carbonyl (C=O) groups is 2.